The van der Waals surface area contributed by atoms with Gasteiger partial charge in [0.1, 0.15) is 5.60 Å². The van der Waals surface area contributed by atoms with Gasteiger partial charge in [-0.3, -0.25) is 4.31 Å². The average Bonchev–Trinajstić information content (AvgIpc) is 3.27. The molecule has 9 heteroatoms. The van der Waals surface area contributed by atoms with Crippen LogP contribution in [0.1, 0.15) is 12.0 Å². The monoisotopic (exact) mass is 419 g/mol. The number of methoxy groups -OCH3 is 2. The highest BCUT2D eigenvalue weighted by atomic mass is 32.2. The number of ether oxygens (including phenoxy) is 3. The molecule has 3 aliphatic rings. The van der Waals surface area contributed by atoms with E-state index in [4.69, 9.17) is 14.2 Å². The largest absolute Gasteiger partial charge is 0.466 e. The summed E-state index contributed by atoms with van der Waals surface area (Å²) in [7, 11) is -1.45. The zero-order chi connectivity index (χ0) is 21.0. The van der Waals surface area contributed by atoms with Crippen molar-refractivity contribution in [2.45, 2.75) is 29.9 Å². The molecule has 1 unspecified atom stereocenters. The lowest BCUT2D eigenvalue weighted by Gasteiger charge is -2.41. The van der Waals surface area contributed by atoms with Gasteiger partial charge in [-0.1, -0.05) is 17.7 Å². The normalized spacial score (nSPS) is 27.8. The second kappa shape index (κ2) is 6.70. The van der Waals surface area contributed by atoms with Crippen molar-refractivity contribution in [2.75, 3.05) is 20.8 Å². The zero-order valence-electron chi connectivity index (χ0n) is 16.2. The minimum atomic E-state index is -3.90. The summed E-state index contributed by atoms with van der Waals surface area (Å²) < 4.78 is 43.3. The van der Waals surface area contributed by atoms with Crippen molar-refractivity contribution in [3.63, 3.8) is 0 Å². The highest BCUT2D eigenvalue weighted by Gasteiger charge is 2.63. The lowest BCUT2D eigenvalue weighted by Crippen LogP contribution is -2.52. The van der Waals surface area contributed by atoms with Gasteiger partial charge in [-0.05, 0) is 31.6 Å². The molecular weight excluding hydrogens is 398 g/mol. The van der Waals surface area contributed by atoms with Crippen LogP contribution in [0.3, 0.4) is 0 Å². The van der Waals surface area contributed by atoms with E-state index in [1.54, 1.807) is 18.2 Å². The van der Waals surface area contributed by atoms with Crippen molar-refractivity contribution in [3.05, 3.63) is 53.3 Å². The molecular formula is C20H21NO7S. The minimum absolute atomic E-state index is 0.0245. The Balaban J connectivity index is 1.83. The van der Waals surface area contributed by atoms with E-state index in [0.717, 1.165) is 9.87 Å². The molecule has 1 saturated heterocycles. The van der Waals surface area contributed by atoms with Crippen LogP contribution in [0.25, 0.3) is 0 Å². The molecule has 154 valence electrons. The summed E-state index contributed by atoms with van der Waals surface area (Å²) in [6, 6.07) is 6.47. The number of benzene rings is 1. The predicted octanol–water partition coefficient (Wildman–Crippen LogP) is 1.31. The summed E-state index contributed by atoms with van der Waals surface area (Å²) in [6.07, 6.45) is 2.95. The molecule has 1 fully saturated rings. The summed E-state index contributed by atoms with van der Waals surface area (Å²) in [6.45, 7) is 1.94. The van der Waals surface area contributed by atoms with E-state index < -0.39 is 39.6 Å². The van der Waals surface area contributed by atoms with Crippen LogP contribution >= 0.6 is 0 Å². The third-order valence-electron chi connectivity index (χ3n) is 5.69. The van der Waals surface area contributed by atoms with Gasteiger partial charge in [0.25, 0.3) is 10.0 Å². The first-order valence-corrected chi connectivity index (χ1v) is 10.6. The molecule has 2 bridgehead atoms. The maximum absolute atomic E-state index is 13.2. The standard InChI is InChI=1S/C20H21NO7S/c1-12-4-6-15(7-5-12)29(24,25)21-10-13-8-14-9-16(18(22)26-2)20(13,28-14)17(11-21)19(23)27-3/h4-7,9,11,13-14H,8,10H2,1-3H3/t13?,14-,20+/m1/s1. The fourth-order valence-corrected chi connectivity index (χ4v) is 5.69. The number of hydrogen-bond donors (Lipinski definition) is 0. The van der Waals surface area contributed by atoms with E-state index in [9.17, 15) is 18.0 Å². The second-order valence-corrected chi connectivity index (χ2v) is 9.21. The van der Waals surface area contributed by atoms with Gasteiger partial charge in [0.15, 0.2) is 0 Å². The molecule has 1 aromatic rings. The van der Waals surface area contributed by atoms with Crippen molar-refractivity contribution in [2.24, 2.45) is 5.92 Å². The molecule has 0 saturated carbocycles. The van der Waals surface area contributed by atoms with Gasteiger partial charge in [0.2, 0.25) is 0 Å². The van der Waals surface area contributed by atoms with Gasteiger partial charge in [-0.2, -0.15) is 0 Å². The molecule has 1 aromatic carbocycles. The van der Waals surface area contributed by atoms with Crippen LogP contribution in [-0.2, 0) is 33.8 Å². The summed E-state index contributed by atoms with van der Waals surface area (Å²) >= 11 is 0. The maximum atomic E-state index is 13.2. The van der Waals surface area contributed by atoms with Crippen molar-refractivity contribution in [3.8, 4) is 0 Å². The summed E-state index contributed by atoms with van der Waals surface area (Å²) in [5, 5.41) is 0. The van der Waals surface area contributed by atoms with E-state index in [0.29, 0.717) is 6.42 Å². The van der Waals surface area contributed by atoms with Gasteiger partial charge in [0.05, 0.1) is 36.4 Å². The Bertz CT molecular complexity index is 1040. The van der Waals surface area contributed by atoms with Gasteiger partial charge >= 0.3 is 11.9 Å². The molecule has 0 aliphatic carbocycles. The molecule has 4 rings (SSSR count). The van der Waals surface area contributed by atoms with E-state index in [-0.39, 0.29) is 22.6 Å². The Morgan fingerprint density at radius 1 is 1.10 bits per heavy atom. The van der Waals surface area contributed by atoms with Crippen LogP contribution in [0.5, 0.6) is 0 Å². The molecule has 8 nitrogen and oxygen atoms in total. The third kappa shape index (κ3) is 2.79. The number of nitrogens with zero attached hydrogens (tertiary/aromatic N) is 1. The summed E-state index contributed by atoms with van der Waals surface area (Å²) in [5.74, 6) is -1.79. The van der Waals surface area contributed by atoms with E-state index >= 15 is 0 Å². The van der Waals surface area contributed by atoms with Crippen LogP contribution in [-0.4, -0.2) is 57.1 Å². The van der Waals surface area contributed by atoms with Gasteiger partial charge in [-0.15, -0.1) is 0 Å². The van der Waals surface area contributed by atoms with Crippen molar-refractivity contribution < 1.29 is 32.2 Å². The number of fused-ring (bicyclic) bond motifs is 1. The van der Waals surface area contributed by atoms with Crippen LogP contribution in [0.4, 0.5) is 0 Å². The lowest BCUT2D eigenvalue weighted by atomic mass is 9.71. The first-order valence-electron chi connectivity index (χ1n) is 9.11. The maximum Gasteiger partial charge on any atom is 0.338 e. The molecule has 3 heterocycles. The second-order valence-electron chi connectivity index (χ2n) is 7.32. The number of esters is 2. The first-order chi connectivity index (χ1) is 13.7. The quantitative estimate of drug-likeness (QED) is 0.679. The highest BCUT2D eigenvalue weighted by molar-refractivity contribution is 7.89. The Hall–Kier alpha value is -2.65. The van der Waals surface area contributed by atoms with Gasteiger partial charge in [0, 0.05) is 18.7 Å². The average molecular weight is 419 g/mol. The summed E-state index contributed by atoms with van der Waals surface area (Å²) in [5.41, 5.74) is -0.236. The molecule has 0 amide bonds. The number of aryl methyl sites for hydroxylation is 1. The number of rotatable bonds is 4. The van der Waals surface area contributed by atoms with Gasteiger partial charge < -0.3 is 14.2 Å². The zero-order valence-corrected chi connectivity index (χ0v) is 17.1. The first kappa shape index (κ1) is 19.7. The minimum Gasteiger partial charge on any atom is -0.466 e. The third-order valence-corrected chi connectivity index (χ3v) is 7.43. The van der Waals surface area contributed by atoms with Crippen molar-refractivity contribution >= 4 is 22.0 Å². The molecule has 3 aliphatic heterocycles. The fourth-order valence-electron chi connectivity index (χ4n) is 4.32. The predicted molar refractivity (Wildman–Crippen MR) is 101 cm³/mol. The van der Waals surface area contributed by atoms with Crippen molar-refractivity contribution in [1.29, 1.82) is 0 Å². The van der Waals surface area contributed by atoms with Crippen LogP contribution < -0.4 is 0 Å². The molecule has 3 atom stereocenters. The van der Waals surface area contributed by atoms with E-state index in [1.807, 2.05) is 6.92 Å². The Labute approximate surface area is 168 Å². The molecule has 1 spiro atoms. The molecule has 0 radical (unpaired) electrons. The number of carbonyl (C=O) groups excluding carboxylic acids is 2. The number of sulfonamides is 1. The van der Waals surface area contributed by atoms with E-state index in [2.05, 4.69) is 0 Å². The van der Waals surface area contributed by atoms with Gasteiger partial charge in [-0.25, -0.2) is 18.0 Å². The lowest BCUT2D eigenvalue weighted by molar-refractivity contribution is -0.141. The highest BCUT2D eigenvalue weighted by Crippen LogP contribution is 2.54. The van der Waals surface area contributed by atoms with Crippen LogP contribution in [0, 0.1) is 12.8 Å². The molecule has 0 aromatic heterocycles. The number of carbonyl (C=O) groups is 2. The number of hydrogen-bond acceptors (Lipinski definition) is 7. The fraction of sp³-hybridized carbons (Fsp3) is 0.400. The van der Waals surface area contributed by atoms with E-state index in [1.165, 1.54) is 32.6 Å². The summed E-state index contributed by atoms with van der Waals surface area (Å²) in [4.78, 5) is 25.1. The molecule has 29 heavy (non-hydrogen) atoms. The molecule has 0 N–H and O–H groups in total. The SMILES string of the molecule is COC(=O)C1=C[C@H]2CC3CN(S(=O)(=O)c4ccc(C)cc4)C=C(C(=O)OC)[C@@]13O2. The topological polar surface area (TPSA) is 99.2 Å². The Morgan fingerprint density at radius 3 is 2.34 bits per heavy atom. The van der Waals surface area contributed by atoms with Crippen LogP contribution in [0.15, 0.2) is 52.6 Å². The Kier molecular flexibility index (Phi) is 4.54. The van der Waals surface area contributed by atoms with Crippen LogP contribution in [0.2, 0.25) is 0 Å². The Morgan fingerprint density at radius 2 is 1.72 bits per heavy atom. The van der Waals surface area contributed by atoms with Crippen molar-refractivity contribution in [1.82, 2.24) is 4.31 Å². The smallest absolute Gasteiger partial charge is 0.338 e.